The predicted octanol–water partition coefficient (Wildman–Crippen LogP) is 2.96. The quantitative estimate of drug-likeness (QED) is 0.733. The lowest BCUT2D eigenvalue weighted by molar-refractivity contribution is -0.128. The van der Waals surface area contributed by atoms with E-state index in [9.17, 15) is 4.79 Å². The van der Waals surface area contributed by atoms with Gasteiger partial charge in [-0.3, -0.25) is 9.78 Å². The lowest BCUT2D eigenvalue weighted by atomic mass is 10.1. The summed E-state index contributed by atoms with van der Waals surface area (Å²) in [7, 11) is 0. The molecule has 3 heterocycles. The molecule has 1 saturated heterocycles. The molecule has 1 unspecified atom stereocenters. The average molecular weight is 334 g/mol. The number of carbonyl (C=O) groups is 1. The largest absolute Gasteiger partial charge is 0.339 e. The van der Waals surface area contributed by atoms with Crippen LogP contribution in [0, 0.1) is 6.92 Å². The van der Waals surface area contributed by atoms with E-state index in [0.717, 1.165) is 11.1 Å². The van der Waals surface area contributed by atoms with Crippen molar-refractivity contribution in [3.05, 3.63) is 65.8 Å². The maximum Gasteiger partial charge on any atom is 0.232 e. The van der Waals surface area contributed by atoms with Gasteiger partial charge in [0.25, 0.3) is 0 Å². The Morgan fingerprint density at radius 2 is 1.92 bits per heavy atom. The number of carbonyl (C=O) groups excluding carboxylic acids is 1. The van der Waals surface area contributed by atoms with Gasteiger partial charge in [-0.05, 0) is 24.6 Å². The molecule has 1 aromatic carbocycles. The number of pyridine rings is 1. The molecular weight excluding hydrogens is 316 g/mol. The van der Waals surface area contributed by atoms with Crippen LogP contribution in [0.15, 0.2) is 53.3 Å². The Bertz CT molecular complexity index is 874. The first kappa shape index (κ1) is 15.5. The second-order valence-corrected chi connectivity index (χ2v) is 6.35. The van der Waals surface area contributed by atoms with Crippen molar-refractivity contribution in [2.75, 3.05) is 6.54 Å². The zero-order chi connectivity index (χ0) is 17.2. The number of aromatic nitrogens is 3. The van der Waals surface area contributed by atoms with Crippen LogP contribution >= 0.6 is 0 Å². The first-order valence-corrected chi connectivity index (χ1v) is 8.26. The number of aryl methyl sites for hydroxylation is 1. The van der Waals surface area contributed by atoms with E-state index in [4.69, 9.17) is 4.52 Å². The van der Waals surface area contributed by atoms with Gasteiger partial charge in [0.15, 0.2) is 0 Å². The van der Waals surface area contributed by atoms with Crippen molar-refractivity contribution in [2.45, 2.75) is 25.8 Å². The highest BCUT2D eigenvalue weighted by molar-refractivity contribution is 5.79. The SMILES string of the molecule is Cc1ccc(CN2CC(c3nc(-c4ccncc4)no3)CC2=O)cc1. The summed E-state index contributed by atoms with van der Waals surface area (Å²) < 4.78 is 5.41. The number of hydrogen-bond acceptors (Lipinski definition) is 5. The minimum atomic E-state index is -0.0546. The molecule has 2 aromatic heterocycles. The van der Waals surface area contributed by atoms with E-state index in [2.05, 4.69) is 46.3 Å². The first-order valence-electron chi connectivity index (χ1n) is 8.26. The normalized spacial score (nSPS) is 17.2. The van der Waals surface area contributed by atoms with Crippen molar-refractivity contribution >= 4 is 5.91 Å². The number of likely N-dealkylation sites (tertiary alicyclic amines) is 1. The van der Waals surface area contributed by atoms with Crippen molar-refractivity contribution in [3.63, 3.8) is 0 Å². The maximum absolute atomic E-state index is 12.3. The number of hydrogen-bond donors (Lipinski definition) is 0. The van der Waals surface area contributed by atoms with Gasteiger partial charge in [-0.25, -0.2) is 0 Å². The average Bonchev–Trinajstić information content (AvgIpc) is 3.25. The molecule has 6 nitrogen and oxygen atoms in total. The molecule has 1 amide bonds. The van der Waals surface area contributed by atoms with Crippen molar-refractivity contribution in [3.8, 4) is 11.4 Å². The van der Waals surface area contributed by atoms with E-state index in [1.54, 1.807) is 12.4 Å². The summed E-state index contributed by atoms with van der Waals surface area (Å²) in [5.74, 6) is 1.11. The van der Waals surface area contributed by atoms with Crippen LogP contribution in [0.1, 0.15) is 29.4 Å². The molecule has 0 aliphatic carbocycles. The van der Waals surface area contributed by atoms with Crippen LogP contribution < -0.4 is 0 Å². The molecular formula is C19H18N4O2. The van der Waals surface area contributed by atoms with Gasteiger partial charge in [-0.2, -0.15) is 4.98 Å². The van der Waals surface area contributed by atoms with E-state index in [1.807, 2.05) is 17.0 Å². The van der Waals surface area contributed by atoms with Gasteiger partial charge in [0.2, 0.25) is 17.6 Å². The highest BCUT2D eigenvalue weighted by Crippen LogP contribution is 2.29. The van der Waals surface area contributed by atoms with Crippen LogP contribution in [-0.4, -0.2) is 32.5 Å². The van der Waals surface area contributed by atoms with Crippen LogP contribution in [0.4, 0.5) is 0 Å². The van der Waals surface area contributed by atoms with Gasteiger partial charge in [-0.15, -0.1) is 0 Å². The molecule has 1 fully saturated rings. The van der Waals surface area contributed by atoms with Crippen molar-refractivity contribution in [2.24, 2.45) is 0 Å². The molecule has 0 bridgehead atoms. The Morgan fingerprint density at radius 1 is 1.16 bits per heavy atom. The zero-order valence-electron chi connectivity index (χ0n) is 13.9. The van der Waals surface area contributed by atoms with Gasteiger partial charge in [0.1, 0.15) is 0 Å². The monoisotopic (exact) mass is 334 g/mol. The molecule has 0 N–H and O–H groups in total. The van der Waals surface area contributed by atoms with Crippen LogP contribution in [0.5, 0.6) is 0 Å². The predicted molar refractivity (Wildman–Crippen MR) is 91.5 cm³/mol. The highest BCUT2D eigenvalue weighted by atomic mass is 16.5. The molecule has 0 saturated carbocycles. The van der Waals surface area contributed by atoms with Gasteiger partial charge in [-0.1, -0.05) is 35.0 Å². The second-order valence-electron chi connectivity index (χ2n) is 6.35. The molecule has 6 heteroatoms. The van der Waals surface area contributed by atoms with Crippen LogP contribution in [0.3, 0.4) is 0 Å². The Hall–Kier alpha value is -3.02. The summed E-state index contributed by atoms with van der Waals surface area (Å²) in [4.78, 5) is 22.6. The van der Waals surface area contributed by atoms with Crippen molar-refractivity contribution in [1.82, 2.24) is 20.0 Å². The summed E-state index contributed by atoms with van der Waals surface area (Å²) in [6, 6.07) is 11.9. The summed E-state index contributed by atoms with van der Waals surface area (Å²) >= 11 is 0. The third-order valence-electron chi connectivity index (χ3n) is 4.44. The molecule has 1 atom stereocenters. The van der Waals surface area contributed by atoms with Gasteiger partial charge in [0.05, 0.1) is 5.92 Å². The third kappa shape index (κ3) is 3.28. The molecule has 4 rings (SSSR count). The fourth-order valence-electron chi connectivity index (χ4n) is 3.02. The Balaban J connectivity index is 1.47. The smallest absolute Gasteiger partial charge is 0.232 e. The van der Waals surface area contributed by atoms with Gasteiger partial charge in [0, 0.05) is 37.5 Å². The van der Waals surface area contributed by atoms with Crippen molar-refractivity contribution in [1.29, 1.82) is 0 Å². The number of rotatable bonds is 4. The van der Waals surface area contributed by atoms with E-state index in [0.29, 0.717) is 31.2 Å². The summed E-state index contributed by atoms with van der Waals surface area (Å²) in [5, 5.41) is 4.03. The number of nitrogens with zero attached hydrogens (tertiary/aromatic N) is 4. The summed E-state index contributed by atoms with van der Waals surface area (Å²) in [5.41, 5.74) is 3.19. The Labute approximate surface area is 145 Å². The first-order chi connectivity index (χ1) is 12.2. The number of benzene rings is 1. The lowest BCUT2D eigenvalue weighted by Crippen LogP contribution is -2.24. The molecule has 0 radical (unpaired) electrons. The summed E-state index contributed by atoms with van der Waals surface area (Å²) in [6.07, 6.45) is 3.78. The molecule has 25 heavy (non-hydrogen) atoms. The van der Waals surface area contributed by atoms with E-state index >= 15 is 0 Å². The van der Waals surface area contributed by atoms with Crippen LogP contribution in [-0.2, 0) is 11.3 Å². The van der Waals surface area contributed by atoms with Crippen molar-refractivity contribution < 1.29 is 9.32 Å². The number of amides is 1. The Morgan fingerprint density at radius 3 is 2.68 bits per heavy atom. The van der Waals surface area contributed by atoms with Gasteiger partial charge >= 0.3 is 0 Å². The highest BCUT2D eigenvalue weighted by Gasteiger charge is 2.34. The van der Waals surface area contributed by atoms with Crippen LogP contribution in [0.2, 0.25) is 0 Å². The topological polar surface area (TPSA) is 72.1 Å². The second kappa shape index (κ2) is 6.47. The zero-order valence-corrected chi connectivity index (χ0v) is 13.9. The van der Waals surface area contributed by atoms with E-state index in [-0.39, 0.29) is 11.8 Å². The van der Waals surface area contributed by atoms with Gasteiger partial charge < -0.3 is 9.42 Å². The minimum Gasteiger partial charge on any atom is -0.339 e. The lowest BCUT2D eigenvalue weighted by Gasteiger charge is -2.16. The van der Waals surface area contributed by atoms with E-state index in [1.165, 1.54) is 5.56 Å². The molecule has 1 aliphatic rings. The third-order valence-corrected chi connectivity index (χ3v) is 4.44. The fourth-order valence-corrected chi connectivity index (χ4v) is 3.02. The van der Waals surface area contributed by atoms with E-state index < -0.39 is 0 Å². The fraction of sp³-hybridized carbons (Fsp3) is 0.263. The molecule has 3 aromatic rings. The molecule has 1 aliphatic heterocycles. The molecule has 126 valence electrons. The van der Waals surface area contributed by atoms with Crippen LogP contribution in [0.25, 0.3) is 11.4 Å². The maximum atomic E-state index is 12.3. The molecule has 0 spiro atoms. The Kier molecular flexibility index (Phi) is 4.01. The summed E-state index contributed by atoms with van der Waals surface area (Å²) in [6.45, 7) is 3.27. The standard InChI is InChI=1S/C19H18N4O2/c1-13-2-4-14(5-3-13)11-23-12-16(10-17(23)24)19-21-18(22-25-19)15-6-8-20-9-7-15/h2-9,16H,10-12H2,1H3. The minimum absolute atomic E-state index is 0.0546.